The minimum Gasteiger partial charge on any atom is -0.376 e. The third-order valence-corrected chi connectivity index (χ3v) is 4.92. The summed E-state index contributed by atoms with van der Waals surface area (Å²) in [5.41, 5.74) is -0.357. The summed E-state index contributed by atoms with van der Waals surface area (Å²) in [6.45, 7) is 2.79. The van der Waals surface area contributed by atoms with E-state index in [-0.39, 0.29) is 24.5 Å². The quantitative estimate of drug-likeness (QED) is 0.723. The Morgan fingerprint density at radius 3 is 2.77 bits per heavy atom. The number of nitrogens with zero attached hydrogens (tertiary/aromatic N) is 1. The number of hydrogen-bond donors (Lipinski definition) is 2. The Morgan fingerprint density at radius 1 is 1.35 bits per heavy atom. The molecule has 0 unspecified atom stereocenters. The second kappa shape index (κ2) is 7.86. The average Bonchev–Trinajstić information content (AvgIpc) is 3.24. The summed E-state index contributed by atoms with van der Waals surface area (Å²) >= 11 is 0. The predicted molar refractivity (Wildman–Crippen MR) is 95.3 cm³/mol. The zero-order chi connectivity index (χ0) is 18.6. The second-order valence-corrected chi connectivity index (χ2v) is 6.78. The number of nitrogens with one attached hydrogen (secondary N) is 2. The van der Waals surface area contributed by atoms with Gasteiger partial charge in [-0.3, -0.25) is 14.5 Å². The molecule has 2 fully saturated rings. The molecule has 7 nitrogen and oxygen atoms in total. The Balaban J connectivity index is 1.69. The highest BCUT2D eigenvalue weighted by atomic mass is 16.5. The van der Waals surface area contributed by atoms with Crippen molar-refractivity contribution in [1.29, 1.82) is 0 Å². The number of hydrogen-bond acceptors (Lipinski definition) is 4. The molecule has 0 saturated carbocycles. The van der Waals surface area contributed by atoms with Crippen LogP contribution < -0.4 is 10.6 Å². The van der Waals surface area contributed by atoms with E-state index in [1.54, 1.807) is 0 Å². The fraction of sp³-hybridized carbons (Fsp3) is 0.526. The van der Waals surface area contributed by atoms with Gasteiger partial charge in [-0.05, 0) is 24.8 Å². The number of ether oxygens (including phenoxy) is 1. The summed E-state index contributed by atoms with van der Waals surface area (Å²) in [6.07, 6.45) is 3.13. The van der Waals surface area contributed by atoms with Gasteiger partial charge in [0.2, 0.25) is 5.91 Å². The first kappa shape index (κ1) is 18.4. The molecule has 0 radical (unpaired) electrons. The Morgan fingerprint density at radius 2 is 2.12 bits per heavy atom. The molecule has 1 aromatic rings. The second-order valence-electron chi connectivity index (χ2n) is 6.78. The molecule has 2 aliphatic rings. The topological polar surface area (TPSA) is 87.7 Å². The fourth-order valence-corrected chi connectivity index (χ4v) is 3.61. The van der Waals surface area contributed by atoms with Gasteiger partial charge < -0.3 is 15.4 Å². The van der Waals surface area contributed by atoms with E-state index < -0.39 is 11.6 Å². The number of carbonyl (C=O) groups excluding carboxylic acids is 3. The number of carbonyl (C=O) groups is 3. The van der Waals surface area contributed by atoms with Gasteiger partial charge in [-0.25, -0.2) is 4.79 Å². The molecule has 4 amide bonds. The summed E-state index contributed by atoms with van der Waals surface area (Å²) in [5.74, 6) is -0.729. The first-order valence-electron chi connectivity index (χ1n) is 9.15. The van der Waals surface area contributed by atoms with E-state index in [1.807, 2.05) is 37.3 Å². The maximum absolute atomic E-state index is 13.1. The zero-order valence-electron chi connectivity index (χ0n) is 15.0. The van der Waals surface area contributed by atoms with Gasteiger partial charge in [0, 0.05) is 13.2 Å². The lowest BCUT2D eigenvalue weighted by atomic mass is 9.85. The van der Waals surface area contributed by atoms with Crippen molar-refractivity contribution < 1.29 is 19.1 Å². The van der Waals surface area contributed by atoms with Gasteiger partial charge in [0.25, 0.3) is 5.91 Å². The van der Waals surface area contributed by atoms with E-state index in [4.69, 9.17) is 4.74 Å². The lowest BCUT2D eigenvalue weighted by molar-refractivity contribution is -0.135. The molecule has 140 valence electrons. The van der Waals surface area contributed by atoms with Gasteiger partial charge in [0.05, 0.1) is 6.10 Å². The molecule has 3 rings (SSSR count). The smallest absolute Gasteiger partial charge is 0.325 e. The molecular weight excluding hydrogens is 334 g/mol. The minimum absolute atomic E-state index is 0.0190. The van der Waals surface area contributed by atoms with Crippen LogP contribution in [0.15, 0.2) is 30.3 Å². The molecule has 2 saturated heterocycles. The third kappa shape index (κ3) is 3.58. The molecule has 0 bridgehead atoms. The standard InChI is InChI=1S/C19H25N3O4/c1-2-10-19(14-7-4-3-5-8-14)17(24)22(18(25)21-19)13-16(23)20-12-15-9-6-11-26-15/h3-5,7-8,15H,2,6,9-13H2,1H3,(H,20,23)(H,21,25)/t15-,19-/m1/s1. The van der Waals surface area contributed by atoms with Crippen molar-refractivity contribution in [2.45, 2.75) is 44.2 Å². The average molecular weight is 359 g/mol. The summed E-state index contributed by atoms with van der Waals surface area (Å²) in [5, 5.41) is 5.57. The first-order chi connectivity index (χ1) is 12.6. The van der Waals surface area contributed by atoms with Crippen LogP contribution in [0.1, 0.15) is 38.2 Å². The van der Waals surface area contributed by atoms with Gasteiger partial charge in [-0.1, -0.05) is 43.7 Å². The highest BCUT2D eigenvalue weighted by molar-refractivity contribution is 6.09. The molecule has 0 aliphatic carbocycles. The van der Waals surface area contributed by atoms with Crippen molar-refractivity contribution >= 4 is 17.8 Å². The van der Waals surface area contributed by atoms with Gasteiger partial charge in [0.1, 0.15) is 12.1 Å². The van der Waals surface area contributed by atoms with Crippen LogP contribution >= 0.6 is 0 Å². The highest BCUT2D eigenvalue weighted by Crippen LogP contribution is 2.33. The molecular formula is C19H25N3O4. The normalized spacial score (nSPS) is 25.4. The molecule has 1 aromatic carbocycles. The van der Waals surface area contributed by atoms with Crippen molar-refractivity contribution in [2.75, 3.05) is 19.7 Å². The monoisotopic (exact) mass is 359 g/mol. The first-order valence-corrected chi connectivity index (χ1v) is 9.15. The van der Waals surface area contributed by atoms with Crippen LogP contribution in [0.3, 0.4) is 0 Å². The number of benzene rings is 1. The van der Waals surface area contributed by atoms with Crippen LogP contribution in [-0.2, 0) is 19.9 Å². The molecule has 2 N–H and O–H groups in total. The Labute approximate surface area is 153 Å². The molecule has 26 heavy (non-hydrogen) atoms. The molecule has 7 heteroatoms. The van der Waals surface area contributed by atoms with Crippen LogP contribution in [-0.4, -0.2) is 48.5 Å². The van der Waals surface area contributed by atoms with Crippen LogP contribution in [0.25, 0.3) is 0 Å². The van der Waals surface area contributed by atoms with Crippen LogP contribution in [0.4, 0.5) is 4.79 Å². The summed E-state index contributed by atoms with van der Waals surface area (Å²) in [6, 6.07) is 8.66. The maximum Gasteiger partial charge on any atom is 0.325 e. The van der Waals surface area contributed by atoms with Gasteiger partial charge in [-0.15, -0.1) is 0 Å². The van der Waals surface area contributed by atoms with E-state index in [9.17, 15) is 14.4 Å². The van der Waals surface area contributed by atoms with Gasteiger partial charge >= 0.3 is 6.03 Å². The summed E-state index contributed by atoms with van der Waals surface area (Å²) in [7, 11) is 0. The van der Waals surface area contributed by atoms with E-state index in [1.165, 1.54) is 0 Å². The van der Waals surface area contributed by atoms with E-state index in [0.29, 0.717) is 19.6 Å². The van der Waals surface area contributed by atoms with Crippen molar-refractivity contribution in [2.24, 2.45) is 0 Å². The summed E-state index contributed by atoms with van der Waals surface area (Å²) in [4.78, 5) is 38.7. The Kier molecular flexibility index (Phi) is 5.56. The van der Waals surface area contributed by atoms with E-state index in [2.05, 4.69) is 10.6 Å². The van der Waals surface area contributed by atoms with Crippen molar-refractivity contribution in [1.82, 2.24) is 15.5 Å². The Bertz CT molecular complexity index is 673. The third-order valence-electron chi connectivity index (χ3n) is 4.92. The largest absolute Gasteiger partial charge is 0.376 e. The molecule has 0 aromatic heterocycles. The SMILES string of the molecule is CCC[C@]1(c2ccccc2)NC(=O)N(CC(=O)NC[C@H]2CCCO2)C1=O. The number of imide groups is 1. The zero-order valence-corrected chi connectivity index (χ0v) is 15.0. The molecule has 2 heterocycles. The fourth-order valence-electron chi connectivity index (χ4n) is 3.61. The summed E-state index contributed by atoms with van der Waals surface area (Å²) < 4.78 is 5.46. The molecule has 2 atom stereocenters. The molecule has 0 spiro atoms. The van der Waals surface area contributed by atoms with Crippen LogP contribution in [0, 0.1) is 0 Å². The molecule has 2 aliphatic heterocycles. The number of amides is 4. The Hall–Kier alpha value is -2.41. The minimum atomic E-state index is -1.10. The van der Waals surface area contributed by atoms with Crippen molar-refractivity contribution in [3.8, 4) is 0 Å². The maximum atomic E-state index is 13.1. The van der Waals surface area contributed by atoms with Gasteiger partial charge in [-0.2, -0.15) is 0 Å². The van der Waals surface area contributed by atoms with E-state index in [0.717, 1.165) is 29.7 Å². The number of urea groups is 1. The predicted octanol–water partition coefficient (Wildman–Crippen LogP) is 1.53. The number of rotatable bonds is 7. The van der Waals surface area contributed by atoms with Crippen LogP contribution in [0.5, 0.6) is 0 Å². The lowest BCUT2D eigenvalue weighted by Crippen LogP contribution is -2.45. The van der Waals surface area contributed by atoms with Crippen molar-refractivity contribution in [3.05, 3.63) is 35.9 Å². The van der Waals surface area contributed by atoms with E-state index >= 15 is 0 Å². The van der Waals surface area contributed by atoms with Crippen molar-refractivity contribution in [3.63, 3.8) is 0 Å². The van der Waals surface area contributed by atoms with Crippen LogP contribution in [0.2, 0.25) is 0 Å². The highest BCUT2D eigenvalue weighted by Gasteiger charge is 2.52. The lowest BCUT2D eigenvalue weighted by Gasteiger charge is -2.26. The van der Waals surface area contributed by atoms with Gasteiger partial charge in [0.15, 0.2) is 0 Å².